The van der Waals surface area contributed by atoms with Gasteiger partial charge in [0.1, 0.15) is 6.04 Å². The van der Waals surface area contributed by atoms with Crippen molar-refractivity contribution in [3.8, 4) is 0 Å². The van der Waals surface area contributed by atoms with Gasteiger partial charge in [-0.3, -0.25) is 0 Å². The molecule has 0 radical (unpaired) electrons. The van der Waals surface area contributed by atoms with E-state index in [0.717, 1.165) is 0 Å². The smallest absolute Gasteiger partial charge is 0.327 e. The number of aliphatic carboxylic acids is 1. The molecule has 0 spiro atoms. The third-order valence-electron chi connectivity index (χ3n) is 3.33. The molecule has 0 bridgehead atoms. The number of carboxylic acid groups (broad SMARTS) is 1. The highest BCUT2D eigenvalue weighted by Crippen LogP contribution is 2.24. The van der Waals surface area contributed by atoms with Crippen molar-refractivity contribution in [3.05, 3.63) is 0 Å². The molecule has 7 nitrogen and oxygen atoms in total. The Kier molecular flexibility index (Phi) is 3.95. The van der Waals surface area contributed by atoms with Gasteiger partial charge >= 0.3 is 12.0 Å². The maximum Gasteiger partial charge on any atom is 0.327 e. The molecule has 0 aromatic carbocycles. The molecule has 2 heterocycles. The van der Waals surface area contributed by atoms with Gasteiger partial charge in [0.05, 0.1) is 17.4 Å². The summed E-state index contributed by atoms with van der Waals surface area (Å²) in [5, 5.41) is 9.06. The first-order valence-electron chi connectivity index (χ1n) is 5.90. The lowest BCUT2D eigenvalue weighted by atomic mass is 10.3. The molecule has 0 aromatic rings. The summed E-state index contributed by atoms with van der Waals surface area (Å²) >= 11 is 1.39. The van der Waals surface area contributed by atoms with E-state index >= 15 is 0 Å². The van der Waals surface area contributed by atoms with Gasteiger partial charge in [-0.2, -0.15) is 0 Å². The second kappa shape index (κ2) is 5.20. The molecule has 0 aromatic heterocycles. The number of rotatable bonds is 1. The minimum Gasteiger partial charge on any atom is -0.480 e. The van der Waals surface area contributed by atoms with Gasteiger partial charge in [0.25, 0.3) is 0 Å². The van der Waals surface area contributed by atoms with Crippen molar-refractivity contribution in [3.63, 3.8) is 0 Å². The number of hydrogen-bond donors (Lipinski definition) is 1. The van der Waals surface area contributed by atoms with Crippen molar-refractivity contribution in [2.75, 3.05) is 29.7 Å². The van der Waals surface area contributed by atoms with Crippen LogP contribution in [0.25, 0.3) is 0 Å². The van der Waals surface area contributed by atoms with Crippen LogP contribution in [0.4, 0.5) is 4.79 Å². The van der Waals surface area contributed by atoms with E-state index in [2.05, 4.69) is 0 Å². The van der Waals surface area contributed by atoms with Gasteiger partial charge in [-0.25, -0.2) is 18.0 Å². The molecule has 2 aliphatic rings. The predicted octanol–water partition coefficient (Wildman–Crippen LogP) is -0.315. The molecule has 2 atom stereocenters. The standard InChI is InChI=1S/C10H16N2O5S2/c1-7-5-19(16,17)3-2-11(7)10(15)12-6-18-4-8(12)9(13)14/h7-8H,2-6H2,1H3,(H,13,14)/t7?,8-/m0/s1. The topological polar surface area (TPSA) is 95.0 Å². The number of carbonyl (C=O) groups is 2. The van der Waals surface area contributed by atoms with Crippen LogP contribution < -0.4 is 0 Å². The molecular formula is C10H16N2O5S2. The lowest BCUT2D eigenvalue weighted by Gasteiger charge is -2.36. The molecule has 0 saturated carbocycles. The maximum atomic E-state index is 12.3. The summed E-state index contributed by atoms with van der Waals surface area (Å²) in [6.07, 6.45) is 0. The lowest BCUT2D eigenvalue weighted by Crippen LogP contribution is -2.56. The Bertz CT molecular complexity index is 492. The maximum absolute atomic E-state index is 12.3. The van der Waals surface area contributed by atoms with Crippen molar-refractivity contribution in [2.45, 2.75) is 19.0 Å². The molecule has 108 valence electrons. The molecule has 2 rings (SSSR count). The Morgan fingerprint density at radius 3 is 2.58 bits per heavy atom. The highest BCUT2D eigenvalue weighted by atomic mass is 32.2. The van der Waals surface area contributed by atoms with E-state index in [1.807, 2.05) is 0 Å². The predicted molar refractivity (Wildman–Crippen MR) is 70.8 cm³/mol. The normalized spacial score (nSPS) is 30.4. The summed E-state index contributed by atoms with van der Waals surface area (Å²) < 4.78 is 22.9. The number of amides is 2. The van der Waals surface area contributed by atoms with Crippen LogP contribution in [0.15, 0.2) is 0 Å². The van der Waals surface area contributed by atoms with Gasteiger partial charge in [0, 0.05) is 18.3 Å². The van der Waals surface area contributed by atoms with Crippen molar-refractivity contribution >= 4 is 33.6 Å². The Morgan fingerprint density at radius 1 is 1.32 bits per heavy atom. The minimum atomic E-state index is -3.09. The molecule has 1 N–H and O–H groups in total. The molecule has 1 unspecified atom stereocenters. The third kappa shape index (κ3) is 2.97. The summed E-state index contributed by atoms with van der Waals surface area (Å²) in [7, 11) is -3.09. The summed E-state index contributed by atoms with van der Waals surface area (Å²) in [6.45, 7) is 1.81. The third-order valence-corrected chi connectivity index (χ3v) is 6.14. The molecule has 2 saturated heterocycles. The van der Waals surface area contributed by atoms with Crippen LogP contribution in [0.2, 0.25) is 0 Å². The van der Waals surface area contributed by atoms with Gasteiger partial charge in [-0.05, 0) is 6.92 Å². The van der Waals surface area contributed by atoms with Crippen molar-refractivity contribution in [1.29, 1.82) is 0 Å². The van der Waals surface area contributed by atoms with Crippen LogP contribution in [0.3, 0.4) is 0 Å². The number of carboxylic acids is 1. The van der Waals surface area contributed by atoms with E-state index in [-0.39, 0.29) is 24.1 Å². The first-order valence-corrected chi connectivity index (χ1v) is 8.87. The van der Waals surface area contributed by atoms with Gasteiger partial charge in [-0.15, -0.1) is 11.8 Å². The van der Waals surface area contributed by atoms with E-state index in [1.54, 1.807) is 6.92 Å². The van der Waals surface area contributed by atoms with Crippen LogP contribution in [-0.2, 0) is 14.6 Å². The van der Waals surface area contributed by atoms with Crippen molar-refractivity contribution < 1.29 is 23.1 Å². The highest BCUT2D eigenvalue weighted by molar-refractivity contribution is 7.99. The van der Waals surface area contributed by atoms with E-state index in [0.29, 0.717) is 11.6 Å². The van der Waals surface area contributed by atoms with Crippen LogP contribution in [-0.4, -0.2) is 77.1 Å². The zero-order chi connectivity index (χ0) is 14.2. The Labute approximate surface area is 115 Å². The minimum absolute atomic E-state index is 0.0538. The van der Waals surface area contributed by atoms with Crippen molar-refractivity contribution in [2.24, 2.45) is 0 Å². The summed E-state index contributed by atoms with van der Waals surface area (Å²) in [5.41, 5.74) is 0. The SMILES string of the molecule is CC1CS(=O)(=O)CCN1C(=O)N1CSC[C@H]1C(=O)O. The van der Waals surface area contributed by atoms with E-state index in [1.165, 1.54) is 21.6 Å². The lowest BCUT2D eigenvalue weighted by molar-refractivity contribution is -0.141. The van der Waals surface area contributed by atoms with Gasteiger partial charge < -0.3 is 14.9 Å². The molecular weight excluding hydrogens is 292 g/mol. The van der Waals surface area contributed by atoms with Gasteiger partial charge in [0.15, 0.2) is 9.84 Å². The number of sulfone groups is 1. The summed E-state index contributed by atoms with van der Waals surface area (Å²) in [6, 6.07) is -1.60. The van der Waals surface area contributed by atoms with E-state index in [4.69, 9.17) is 5.11 Å². The molecule has 2 amide bonds. The van der Waals surface area contributed by atoms with Gasteiger partial charge in [0.2, 0.25) is 0 Å². The van der Waals surface area contributed by atoms with Gasteiger partial charge in [-0.1, -0.05) is 0 Å². The van der Waals surface area contributed by atoms with E-state index in [9.17, 15) is 18.0 Å². The van der Waals surface area contributed by atoms with Crippen LogP contribution in [0.1, 0.15) is 6.92 Å². The molecule has 9 heteroatoms. The zero-order valence-corrected chi connectivity index (χ0v) is 12.1. The fourth-order valence-corrected chi connectivity index (χ4v) is 4.98. The van der Waals surface area contributed by atoms with Crippen LogP contribution in [0, 0.1) is 0 Å². The van der Waals surface area contributed by atoms with Crippen molar-refractivity contribution in [1.82, 2.24) is 9.80 Å². The zero-order valence-electron chi connectivity index (χ0n) is 10.5. The molecule has 2 aliphatic heterocycles. The monoisotopic (exact) mass is 308 g/mol. The Hall–Kier alpha value is -0.960. The molecule has 0 aliphatic carbocycles. The number of hydrogen-bond acceptors (Lipinski definition) is 5. The second-order valence-electron chi connectivity index (χ2n) is 4.76. The second-order valence-corrected chi connectivity index (χ2v) is 7.99. The fourth-order valence-electron chi connectivity index (χ4n) is 2.28. The number of nitrogens with zero attached hydrogens (tertiary/aromatic N) is 2. The Balaban J connectivity index is 2.10. The first kappa shape index (κ1) is 14.4. The Morgan fingerprint density at radius 2 is 2.00 bits per heavy atom. The van der Waals surface area contributed by atoms with Crippen LogP contribution >= 0.6 is 11.8 Å². The van der Waals surface area contributed by atoms with E-state index < -0.39 is 27.9 Å². The molecule has 19 heavy (non-hydrogen) atoms. The number of carbonyl (C=O) groups excluding carboxylic acids is 1. The first-order chi connectivity index (χ1) is 8.82. The number of thioether (sulfide) groups is 1. The number of urea groups is 1. The average molecular weight is 308 g/mol. The van der Waals surface area contributed by atoms with Crippen LogP contribution in [0.5, 0.6) is 0 Å². The summed E-state index contributed by atoms with van der Waals surface area (Å²) in [5.74, 6) is -0.414. The summed E-state index contributed by atoms with van der Waals surface area (Å²) in [4.78, 5) is 26.1. The quantitative estimate of drug-likeness (QED) is 0.713. The fraction of sp³-hybridized carbons (Fsp3) is 0.800. The average Bonchev–Trinajstić information content (AvgIpc) is 2.75. The largest absolute Gasteiger partial charge is 0.480 e. The highest BCUT2D eigenvalue weighted by Gasteiger charge is 2.40. The molecule has 2 fully saturated rings.